The predicted molar refractivity (Wildman–Crippen MR) is 143 cm³/mol. The molecular formula is C32H36N2O4. The number of piperidine rings is 1. The number of benzene rings is 2. The van der Waals surface area contributed by atoms with Gasteiger partial charge in [-0.15, -0.1) is 0 Å². The van der Waals surface area contributed by atoms with Crippen molar-refractivity contribution in [2.75, 3.05) is 26.7 Å². The van der Waals surface area contributed by atoms with Gasteiger partial charge < -0.3 is 19.8 Å². The average molecular weight is 513 g/mol. The molecule has 2 spiro atoms. The summed E-state index contributed by atoms with van der Waals surface area (Å²) in [4.78, 5) is 18.6. The van der Waals surface area contributed by atoms with Gasteiger partial charge in [-0.2, -0.15) is 0 Å². The van der Waals surface area contributed by atoms with Crippen LogP contribution < -0.4 is 4.74 Å². The Balaban J connectivity index is 1.20. The summed E-state index contributed by atoms with van der Waals surface area (Å²) >= 11 is 0. The summed E-state index contributed by atoms with van der Waals surface area (Å²) in [6, 6.07) is 14.3. The van der Waals surface area contributed by atoms with E-state index in [0.717, 1.165) is 43.8 Å². The van der Waals surface area contributed by atoms with Crippen molar-refractivity contribution in [2.24, 2.45) is 17.3 Å². The highest BCUT2D eigenvalue weighted by Gasteiger charge is 2.79. The molecule has 38 heavy (non-hydrogen) atoms. The number of rotatable bonds is 6. The van der Waals surface area contributed by atoms with Gasteiger partial charge in [0.25, 0.3) is 0 Å². The zero-order chi connectivity index (χ0) is 25.9. The second-order valence-corrected chi connectivity index (χ2v) is 12.8. The maximum absolute atomic E-state index is 14.1. The second-order valence-electron chi connectivity index (χ2n) is 12.8. The SMILES string of the molecule is CN(CCc1ccccc1)C(=O)[C@H]1C[C@@]23C=C[C@]1(O)[C@@H]1Oc4c(O)ccc5c4[C@@]12CCN(CC1CC1)[C@@H]3C5. The van der Waals surface area contributed by atoms with Gasteiger partial charge in [-0.3, -0.25) is 9.69 Å². The van der Waals surface area contributed by atoms with E-state index in [4.69, 9.17) is 4.74 Å². The quantitative estimate of drug-likeness (QED) is 0.581. The molecule has 1 saturated heterocycles. The van der Waals surface area contributed by atoms with Gasteiger partial charge in [0.2, 0.25) is 5.91 Å². The lowest BCUT2D eigenvalue weighted by atomic mass is 9.37. The van der Waals surface area contributed by atoms with Crippen LogP contribution in [0, 0.1) is 17.3 Å². The smallest absolute Gasteiger partial charge is 0.228 e. The fraction of sp³-hybridized carbons (Fsp3) is 0.531. The van der Waals surface area contributed by atoms with E-state index in [1.807, 2.05) is 31.3 Å². The number of fused-ring (bicyclic) bond motifs is 1. The summed E-state index contributed by atoms with van der Waals surface area (Å²) in [6.45, 7) is 2.68. The van der Waals surface area contributed by atoms with Crippen LogP contribution >= 0.6 is 0 Å². The molecule has 1 amide bonds. The molecule has 198 valence electrons. The number of aliphatic hydroxyl groups is 1. The lowest BCUT2D eigenvalue weighted by molar-refractivity contribution is -0.210. The maximum atomic E-state index is 14.1. The van der Waals surface area contributed by atoms with Crippen molar-refractivity contribution >= 4 is 5.91 Å². The minimum absolute atomic E-state index is 0.0107. The summed E-state index contributed by atoms with van der Waals surface area (Å²) in [5.41, 5.74) is 1.41. The van der Waals surface area contributed by atoms with E-state index in [1.54, 1.807) is 11.0 Å². The summed E-state index contributed by atoms with van der Waals surface area (Å²) in [6.07, 6.45) is 9.39. The Morgan fingerprint density at radius 1 is 1.16 bits per heavy atom. The first-order valence-corrected chi connectivity index (χ1v) is 14.3. The molecule has 6 atom stereocenters. The average Bonchev–Trinajstić information content (AvgIpc) is 3.67. The van der Waals surface area contributed by atoms with Gasteiger partial charge in [0.1, 0.15) is 11.7 Å². The Bertz CT molecular complexity index is 1350. The van der Waals surface area contributed by atoms with Gasteiger partial charge in [-0.1, -0.05) is 48.6 Å². The van der Waals surface area contributed by atoms with Crippen LogP contribution in [0.2, 0.25) is 0 Å². The van der Waals surface area contributed by atoms with E-state index in [-0.39, 0.29) is 23.1 Å². The van der Waals surface area contributed by atoms with Crippen molar-refractivity contribution < 1.29 is 19.7 Å². The molecule has 0 aromatic heterocycles. The van der Waals surface area contributed by atoms with Crippen LogP contribution in [-0.4, -0.2) is 70.3 Å². The lowest BCUT2D eigenvalue weighted by Crippen LogP contribution is -2.80. The highest BCUT2D eigenvalue weighted by atomic mass is 16.5. The van der Waals surface area contributed by atoms with Gasteiger partial charge in [0, 0.05) is 37.2 Å². The zero-order valence-corrected chi connectivity index (χ0v) is 22.0. The molecular weight excluding hydrogens is 476 g/mol. The number of likely N-dealkylation sites (tertiary alicyclic amines) is 1. The van der Waals surface area contributed by atoms with E-state index >= 15 is 0 Å². The number of likely N-dealkylation sites (N-methyl/N-ethyl adjacent to an activating group) is 1. The number of phenolic OH excluding ortho intramolecular Hbond substituents is 1. The van der Waals surface area contributed by atoms with Crippen LogP contribution in [0.15, 0.2) is 54.6 Å². The number of amides is 1. The van der Waals surface area contributed by atoms with Gasteiger partial charge in [-0.05, 0) is 68.2 Å². The molecule has 0 unspecified atom stereocenters. The van der Waals surface area contributed by atoms with Crippen molar-refractivity contribution in [1.82, 2.24) is 9.80 Å². The summed E-state index contributed by atoms with van der Waals surface area (Å²) < 4.78 is 6.62. The van der Waals surface area contributed by atoms with Crippen LogP contribution in [0.3, 0.4) is 0 Å². The molecule has 2 heterocycles. The van der Waals surface area contributed by atoms with Crippen LogP contribution in [0.25, 0.3) is 0 Å². The first kappa shape index (κ1) is 23.1. The van der Waals surface area contributed by atoms with Gasteiger partial charge in [0.15, 0.2) is 11.5 Å². The Hall–Kier alpha value is -2.83. The normalized spacial score (nSPS) is 37.6. The largest absolute Gasteiger partial charge is 0.504 e. The van der Waals surface area contributed by atoms with E-state index in [2.05, 4.69) is 29.2 Å². The number of ether oxygens (including phenoxy) is 1. The Morgan fingerprint density at radius 2 is 1.97 bits per heavy atom. The van der Waals surface area contributed by atoms with Crippen LogP contribution in [0.1, 0.15) is 42.4 Å². The van der Waals surface area contributed by atoms with Crippen molar-refractivity contribution in [2.45, 2.75) is 61.7 Å². The molecule has 4 bridgehead atoms. The van der Waals surface area contributed by atoms with Crippen molar-refractivity contribution in [3.05, 3.63) is 71.3 Å². The second kappa shape index (κ2) is 7.64. The monoisotopic (exact) mass is 512 g/mol. The number of carbonyl (C=O) groups excluding carboxylic acids is 1. The fourth-order valence-electron chi connectivity index (χ4n) is 9.08. The molecule has 3 fully saturated rings. The van der Waals surface area contributed by atoms with Crippen molar-refractivity contribution in [1.29, 1.82) is 0 Å². The minimum atomic E-state index is -1.41. The lowest BCUT2D eigenvalue weighted by Gasteiger charge is -2.70. The third kappa shape index (κ3) is 2.78. The maximum Gasteiger partial charge on any atom is 0.228 e. The highest BCUT2D eigenvalue weighted by Crippen LogP contribution is 2.74. The number of nitrogens with zero attached hydrogens (tertiary/aromatic N) is 2. The van der Waals surface area contributed by atoms with Crippen LogP contribution in [0.4, 0.5) is 0 Å². The van der Waals surface area contributed by atoms with Crippen LogP contribution in [-0.2, 0) is 23.1 Å². The number of phenols is 1. The van der Waals surface area contributed by atoms with Crippen molar-refractivity contribution in [3.63, 3.8) is 0 Å². The number of aromatic hydroxyl groups is 1. The molecule has 2 saturated carbocycles. The van der Waals surface area contributed by atoms with Crippen LogP contribution in [0.5, 0.6) is 11.5 Å². The summed E-state index contributed by atoms with van der Waals surface area (Å²) in [5.74, 6) is 0.879. The third-order valence-corrected chi connectivity index (χ3v) is 11.0. The first-order valence-electron chi connectivity index (χ1n) is 14.3. The van der Waals surface area contributed by atoms with Crippen molar-refractivity contribution in [3.8, 4) is 11.5 Å². The molecule has 2 aliphatic heterocycles. The zero-order valence-electron chi connectivity index (χ0n) is 22.0. The number of carbonyl (C=O) groups is 1. The summed E-state index contributed by atoms with van der Waals surface area (Å²) in [5, 5.41) is 23.3. The molecule has 6 heteroatoms. The molecule has 9 rings (SSSR count). The Morgan fingerprint density at radius 3 is 2.76 bits per heavy atom. The van der Waals surface area contributed by atoms with E-state index in [0.29, 0.717) is 18.7 Å². The minimum Gasteiger partial charge on any atom is -0.504 e. The van der Waals surface area contributed by atoms with E-state index in [1.165, 1.54) is 24.0 Å². The van der Waals surface area contributed by atoms with Gasteiger partial charge >= 0.3 is 0 Å². The molecule has 6 nitrogen and oxygen atoms in total. The molecule has 2 aromatic carbocycles. The van der Waals surface area contributed by atoms with E-state index < -0.39 is 23.0 Å². The summed E-state index contributed by atoms with van der Waals surface area (Å²) in [7, 11) is 1.86. The van der Waals surface area contributed by atoms with Gasteiger partial charge in [-0.25, -0.2) is 0 Å². The molecule has 5 aliphatic carbocycles. The number of hydrogen-bond donors (Lipinski definition) is 2. The molecule has 2 N–H and O–H groups in total. The third-order valence-electron chi connectivity index (χ3n) is 11.0. The molecule has 2 aromatic rings. The number of hydrogen-bond acceptors (Lipinski definition) is 5. The molecule has 7 aliphatic rings. The van der Waals surface area contributed by atoms with E-state index in [9.17, 15) is 15.0 Å². The van der Waals surface area contributed by atoms with Gasteiger partial charge in [0.05, 0.1) is 11.3 Å². The fourth-order valence-corrected chi connectivity index (χ4v) is 9.08. The highest BCUT2D eigenvalue weighted by molar-refractivity contribution is 5.82. The molecule has 0 radical (unpaired) electrons. The first-order chi connectivity index (χ1) is 18.4. The Kier molecular flexibility index (Phi) is 4.64. The Labute approximate surface area is 223 Å². The predicted octanol–water partition coefficient (Wildman–Crippen LogP) is 3.44. The topological polar surface area (TPSA) is 73.2 Å². The standard InChI is InChI=1S/C32H36N2O4/c1-33(15-11-20-5-3-2-4-6-20)28(36)23-18-30-12-13-32(23,37)29-31(30)14-16-34(19-21-7-8-21)25(30)17-22-9-10-24(35)27(38-29)26(22)31/h2-6,9-10,12-13,21,23,25,29,35,37H,7-8,11,14-19H2,1H3/t23-,25-,29-,30-,31+,32-/m1/s1.